The van der Waals surface area contributed by atoms with Gasteiger partial charge in [-0.15, -0.1) is 0 Å². The van der Waals surface area contributed by atoms with Crippen LogP contribution >= 0.6 is 0 Å². The topological polar surface area (TPSA) is 3.24 Å². The van der Waals surface area contributed by atoms with Gasteiger partial charge in [-0.2, -0.15) is 0 Å². The van der Waals surface area contributed by atoms with Crippen LogP contribution in [0.25, 0.3) is 77.5 Å². The van der Waals surface area contributed by atoms with E-state index in [1.807, 2.05) is 0 Å². The zero-order chi connectivity index (χ0) is 39.4. The van der Waals surface area contributed by atoms with Crippen LogP contribution in [0.2, 0.25) is 0 Å². The van der Waals surface area contributed by atoms with Crippen LogP contribution < -0.4 is 4.90 Å². The molecule has 0 heterocycles. The van der Waals surface area contributed by atoms with E-state index in [4.69, 9.17) is 0 Å². The second kappa shape index (κ2) is 16.0. The van der Waals surface area contributed by atoms with Crippen molar-refractivity contribution < 1.29 is 0 Å². The first-order valence-corrected chi connectivity index (χ1v) is 20.2. The fraction of sp³-hybridized carbons (Fsp3) is 0. The van der Waals surface area contributed by atoms with Gasteiger partial charge in [0.2, 0.25) is 0 Å². The number of anilines is 3. The van der Waals surface area contributed by atoms with Crippen LogP contribution in [0.15, 0.2) is 249 Å². The molecule has 10 aromatic carbocycles. The molecule has 0 unspecified atom stereocenters. The highest BCUT2D eigenvalue weighted by atomic mass is 15.1. The molecule has 10 rings (SSSR count). The summed E-state index contributed by atoms with van der Waals surface area (Å²) in [6.07, 6.45) is 0. The standard InChI is InChI=1S/C58H41N/c1-4-12-42(13-5-1)46-20-27-51(28-21-46)58-41-56(38-39-57(58)50-25-22-49(23-26-50)53-29-24-45-18-10-11-19-52(45)40-53)59(54-34-30-47(31-35-54)43-14-6-2-7-15-43)55-36-32-48(33-37-55)44-16-8-3-9-17-44/h1-41H. The van der Waals surface area contributed by atoms with Crippen molar-refractivity contribution in [2.45, 2.75) is 0 Å². The summed E-state index contributed by atoms with van der Waals surface area (Å²) in [7, 11) is 0. The van der Waals surface area contributed by atoms with E-state index in [0.29, 0.717) is 0 Å². The Bertz CT molecular complexity index is 2890. The fourth-order valence-electron chi connectivity index (χ4n) is 8.16. The van der Waals surface area contributed by atoms with Crippen molar-refractivity contribution in [3.8, 4) is 66.8 Å². The van der Waals surface area contributed by atoms with E-state index in [0.717, 1.165) is 17.1 Å². The molecular formula is C58H41N. The lowest BCUT2D eigenvalue weighted by Gasteiger charge is -2.27. The molecule has 1 nitrogen and oxygen atoms in total. The zero-order valence-electron chi connectivity index (χ0n) is 32.6. The molecule has 0 aliphatic carbocycles. The van der Waals surface area contributed by atoms with Crippen LogP contribution in [0, 0.1) is 0 Å². The van der Waals surface area contributed by atoms with E-state index < -0.39 is 0 Å². The summed E-state index contributed by atoms with van der Waals surface area (Å²) in [5, 5.41) is 2.50. The Kier molecular flexibility index (Phi) is 9.68. The van der Waals surface area contributed by atoms with Gasteiger partial charge in [0.1, 0.15) is 0 Å². The van der Waals surface area contributed by atoms with Crippen LogP contribution in [0.1, 0.15) is 0 Å². The quantitative estimate of drug-likeness (QED) is 0.142. The number of hydrogen-bond acceptors (Lipinski definition) is 1. The van der Waals surface area contributed by atoms with Gasteiger partial charge in [0, 0.05) is 17.1 Å². The molecule has 59 heavy (non-hydrogen) atoms. The van der Waals surface area contributed by atoms with E-state index in [-0.39, 0.29) is 0 Å². The largest absolute Gasteiger partial charge is 0.310 e. The van der Waals surface area contributed by atoms with Crippen molar-refractivity contribution in [2.75, 3.05) is 4.90 Å². The number of benzene rings is 10. The smallest absolute Gasteiger partial charge is 0.0468 e. The Morgan fingerprint density at radius 2 is 0.525 bits per heavy atom. The summed E-state index contributed by atoms with van der Waals surface area (Å²) < 4.78 is 0. The van der Waals surface area contributed by atoms with E-state index in [1.165, 1.54) is 77.5 Å². The lowest BCUT2D eigenvalue weighted by Crippen LogP contribution is -2.10. The number of nitrogens with zero attached hydrogens (tertiary/aromatic N) is 1. The minimum Gasteiger partial charge on any atom is -0.310 e. The number of rotatable bonds is 9. The molecule has 278 valence electrons. The molecule has 0 bridgehead atoms. The first-order chi connectivity index (χ1) is 29.2. The minimum atomic E-state index is 1.09. The lowest BCUT2D eigenvalue weighted by molar-refractivity contribution is 1.28. The van der Waals surface area contributed by atoms with E-state index in [9.17, 15) is 0 Å². The highest BCUT2D eigenvalue weighted by Crippen LogP contribution is 2.42. The third-order valence-corrected chi connectivity index (χ3v) is 11.3. The van der Waals surface area contributed by atoms with Gasteiger partial charge in [0.15, 0.2) is 0 Å². The number of fused-ring (bicyclic) bond motifs is 1. The van der Waals surface area contributed by atoms with E-state index in [2.05, 4.69) is 254 Å². The van der Waals surface area contributed by atoms with Gasteiger partial charge in [-0.05, 0) is 120 Å². The molecule has 0 aliphatic rings. The van der Waals surface area contributed by atoms with Gasteiger partial charge >= 0.3 is 0 Å². The molecule has 0 saturated heterocycles. The Hall–Kier alpha value is -7.74. The van der Waals surface area contributed by atoms with Gasteiger partial charge in [0.05, 0.1) is 0 Å². The maximum absolute atomic E-state index is 2.37. The van der Waals surface area contributed by atoms with Gasteiger partial charge in [-0.25, -0.2) is 0 Å². The second-order valence-electron chi connectivity index (χ2n) is 15.0. The minimum absolute atomic E-state index is 1.09. The second-order valence-corrected chi connectivity index (χ2v) is 15.0. The van der Waals surface area contributed by atoms with Crippen LogP contribution in [0.5, 0.6) is 0 Å². The van der Waals surface area contributed by atoms with Crippen molar-refractivity contribution in [1.29, 1.82) is 0 Å². The first-order valence-electron chi connectivity index (χ1n) is 20.2. The van der Waals surface area contributed by atoms with Gasteiger partial charge < -0.3 is 4.90 Å². The van der Waals surface area contributed by atoms with Crippen LogP contribution in [-0.4, -0.2) is 0 Å². The summed E-state index contributed by atoms with van der Waals surface area (Å²) in [6, 6.07) is 89.9. The lowest BCUT2D eigenvalue weighted by atomic mass is 9.91. The molecular weight excluding hydrogens is 711 g/mol. The molecule has 0 aliphatic heterocycles. The van der Waals surface area contributed by atoms with Crippen LogP contribution in [-0.2, 0) is 0 Å². The molecule has 0 amide bonds. The summed E-state index contributed by atoms with van der Waals surface area (Å²) >= 11 is 0. The van der Waals surface area contributed by atoms with Crippen molar-refractivity contribution in [3.63, 3.8) is 0 Å². The van der Waals surface area contributed by atoms with Crippen molar-refractivity contribution >= 4 is 27.8 Å². The van der Waals surface area contributed by atoms with Crippen LogP contribution in [0.3, 0.4) is 0 Å². The van der Waals surface area contributed by atoms with Gasteiger partial charge in [-0.3, -0.25) is 0 Å². The van der Waals surface area contributed by atoms with Crippen LogP contribution in [0.4, 0.5) is 17.1 Å². The average molecular weight is 752 g/mol. The predicted molar refractivity (Wildman–Crippen MR) is 251 cm³/mol. The summed E-state index contributed by atoms with van der Waals surface area (Å²) in [5.74, 6) is 0. The predicted octanol–water partition coefficient (Wildman–Crippen LogP) is 16.3. The molecule has 1 heteroatoms. The number of hydrogen-bond donors (Lipinski definition) is 0. The third-order valence-electron chi connectivity index (χ3n) is 11.3. The highest BCUT2D eigenvalue weighted by Gasteiger charge is 2.18. The van der Waals surface area contributed by atoms with Gasteiger partial charge in [0.25, 0.3) is 0 Å². The van der Waals surface area contributed by atoms with Crippen molar-refractivity contribution in [1.82, 2.24) is 0 Å². The average Bonchev–Trinajstić information content (AvgIpc) is 3.33. The molecule has 0 N–H and O–H groups in total. The summed E-state index contributed by atoms with van der Waals surface area (Å²) in [5.41, 5.74) is 17.6. The van der Waals surface area contributed by atoms with E-state index in [1.54, 1.807) is 0 Å². The monoisotopic (exact) mass is 751 g/mol. The summed E-state index contributed by atoms with van der Waals surface area (Å²) in [6.45, 7) is 0. The summed E-state index contributed by atoms with van der Waals surface area (Å²) in [4.78, 5) is 2.37. The Balaban J connectivity index is 1.09. The molecule has 0 saturated carbocycles. The fourth-order valence-corrected chi connectivity index (χ4v) is 8.16. The maximum atomic E-state index is 2.37. The van der Waals surface area contributed by atoms with Gasteiger partial charge in [-0.1, -0.05) is 206 Å². The Morgan fingerprint density at radius 3 is 1.02 bits per heavy atom. The molecule has 0 radical (unpaired) electrons. The molecule has 0 atom stereocenters. The van der Waals surface area contributed by atoms with Crippen molar-refractivity contribution in [2.24, 2.45) is 0 Å². The molecule has 0 spiro atoms. The Morgan fingerprint density at radius 1 is 0.186 bits per heavy atom. The SMILES string of the molecule is c1ccc(-c2ccc(-c3cc(N(c4ccc(-c5ccccc5)cc4)c4ccc(-c5ccccc5)cc4)ccc3-c3ccc(-c4ccc5ccccc5c4)cc3)cc2)cc1. The molecule has 0 fully saturated rings. The molecule has 10 aromatic rings. The third kappa shape index (κ3) is 7.46. The first kappa shape index (κ1) is 35.7. The molecule has 0 aromatic heterocycles. The van der Waals surface area contributed by atoms with Crippen molar-refractivity contribution in [3.05, 3.63) is 249 Å². The normalized spacial score (nSPS) is 11.1. The highest BCUT2D eigenvalue weighted by molar-refractivity contribution is 5.91. The Labute approximate surface area is 346 Å². The maximum Gasteiger partial charge on any atom is 0.0468 e. The van der Waals surface area contributed by atoms with E-state index >= 15 is 0 Å². The zero-order valence-corrected chi connectivity index (χ0v) is 32.6.